The van der Waals surface area contributed by atoms with Crippen molar-refractivity contribution in [2.24, 2.45) is 0 Å². The predicted octanol–water partition coefficient (Wildman–Crippen LogP) is -0.127. The van der Waals surface area contributed by atoms with Crippen LogP contribution < -0.4 is 0 Å². The Balaban J connectivity index is 2.15. The van der Waals surface area contributed by atoms with Gasteiger partial charge < -0.3 is 14.3 Å². The van der Waals surface area contributed by atoms with Gasteiger partial charge in [-0.2, -0.15) is 0 Å². The molecule has 1 saturated heterocycles. The van der Waals surface area contributed by atoms with Crippen molar-refractivity contribution in [1.29, 1.82) is 0 Å². The average molecular weight is 170 g/mol. The van der Waals surface area contributed by atoms with Gasteiger partial charge in [0.15, 0.2) is 0 Å². The van der Waals surface area contributed by atoms with Crippen molar-refractivity contribution >= 4 is 14.0 Å². The Morgan fingerprint density at radius 2 is 2.58 bits per heavy atom. The normalized spacial score (nSPS) is 17.2. The van der Waals surface area contributed by atoms with E-state index in [1.165, 1.54) is 0 Å². The van der Waals surface area contributed by atoms with Crippen LogP contribution in [0.2, 0.25) is 0 Å². The zero-order valence-electron chi connectivity index (χ0n) is 6.94. The molecule has 64 valence electrons. The highest BCUT2D eigenvalue weighted by atomic mass is 16.6. The molecule has 0 aliphatic carbocycles. The molecular formula is C6H12B2O4+2. The van der Waals surface area contributed by atoms with E-state index in [-0.39, 0.29) is 0 Å². The third kappa shape index (κ3) is 2.98. The molecule has 0 aromatic rings. The average Bonchev–Trinajstić information content (AvgIpc) is 2.15. The molecule has 0 saturated carbocycles. The lowest BCUT2D eigenvalue weighted by molar-refractivity contribution is 0.171. The van der Waals surface area contributed by atoms with Crippen LogP contribution in [0, 0.1) is 13.5 Å². The minimum absolute atomic E-state index is 0.407. The molecule has 0 amide bonds. The van der Waals surface area contributed by atoms with Crippen LogP contribution in [0.5, 0.6) is 0 Å². The maximum Gasteiger partial charge on any atom is 0.545 e. The molecule has 1 N–H and O–H groups in total. The third-order valence-corrected chi connectivity index (χ3v) is 1.41. The maximum absolute atomic E-state index is 9.29. The summed E-state index contributed by atoms with van der Waals surface area (Å²) in [5.74, 6) is 0. The van der Waals surface area contributed by atoms with Crippen LogP contribution in [-0.4, -0.2) is 32.3 Å². The highest BCUT2D eigenvalue weighted by Crippen LogP contribution is 2.06. The Morgan fingerprint density at radius 1 is 1.75 bits per heavy atom. The highest BCUT2D eigenvalue weighted by molar-refractivity contribution is 7.10. The molecule has 0 radical (unpaired) electrons. The summed E-state index contributed by atoms with van der Waals surface area (Å²) in [6.07, 6.45) is 1.37. The molecule has 0 bridgehead atoms. The molecule has 0 aromatic carbocycles. The second-order valence-electron chi connectivity index (χ2n) is 2.45. The smallest absolute Gasteiger partial charge is 0.429 e. The first-order valence-corrected chi connectivity index (χ1v) is 4.02. The summed E-state index contributed by atoms with van der Waals surface area (Å²) in [7, 11) is -1.69. The lowest BCUT2D eigenvalue weighted by Crippen LogP contribution is -2.45. The second-order valence-corrected chi connectivity index (χ2v) is 2.45. The van der Waals surface area contributed by atoms with E-state index in [1.54, 1.807) is 6.61 Å². The molecule has 1 aliphatic heterocycles. The monoisotopic (exact) mass is 170 g/mol. The van der Waals surface area contributed by atoms with Crippen molar-refractivity contribution in [3.05, 3.63) is 13.5 Å². The Bertz CT molecular complexity index is 118. The largest absolute Gasteiger partial charge is 0.545 e. The zero-order chi connectivity index (χ0) is 8.81. The van der Waals surface area contributed by atoms with Crippen molar-refractivity contribution in [2.45, 2.75) is 12.8 Å². The first-order chi connectivity index (χ1) is 5.84. The van der Waals surface area contributed by atoms with E-state index >= 15 is 0 Å². The summed E-state index contributed by atoms with van der Waals surface area (Å²) in [5.41, 5.74) is 0. The van der Waals surface area contributed by atoms with Gasteiger partial charge in [-0.05, 0) is 0 Å². The summed E-state index contributed by atoms with van der Waals surface area (Å²) in [6, 6.07) is 0. The van der Waals surface area contributed by atoms with E-state index in [0.717, 1.165) is 6.42 Å². The number of rotatable bonds is 4. The molecule has 1 rings (SSSR count). The van der Waals surface area contributed by atoms with Crippen LogP contribution in [0.15, 0.2) is 0 Å². The van der Waals surface area contributed by atoms with Crippen LogP contribution in [0.4, 0.5) is 0 Å². The Morgan fingerprint density at radius 3 is 3.17 bits per heavy atom. The van der Waals surface area contributed by atoms with E-state index in [2.05, 4.69) is 6.92 Å². The van der Waals surface area contributed by atoms with E-state index in [4.69, 9.17) is 14.0 Å². The fourth-order valence-electron chi connectivity index (χ4n) is 0.867. The second kappa shape index (κ2) is 5.37. The van der Waals surface area contributed by atoms with Crippen molar-refractivity contribution < 1.29 is 19.0 Å². The van der Waals surface area contributed by atoms with Gasteiger partial charge in [-0.15, -0.1) is 0 Å². The molecular weight excluding hydrogens is 158 g/mol. The molecule has 0 spiro atoms. The fourth-order valence-corrected chi connectivity index (χ4v) is 0.867. The lowest BCUT2D eigenvalue weighted by Gasteiger charge is -2.14. The van der Waals surface area contributed by atoms with Gasteiger partial charge in [0.25, 0.3) is 0 Å². The third-order valence-electron chi connectivity index (χ3n) is 1.41. The van der Waals surface area contributed by atoms with E-state index in [9.17, 15) is 5.02 Å². The first kappa shape index (κ1) is 9.80. The van der Waals surface area contributed by atoms with Crippen LogP contribution in [-0.2, 0) is 14.0 Å². The molecule has 1 aliphatic rings. The van der Waals surface area contributed by atoms with Crippen LogP contribution >= 0.6 is 0 Å². The number of hydrogen-bond acceptors (Lipinski definition) is 4. The maximum atomic E-state index is 9.29. The highest BCUT2D eigenvalue weighted by Gasteiger charge is 2.42. The van der Waals surface area contributed by atoms with Gasteiger partial charge in [-0.1, -0.05) is 0 Å². The van der Waals surface area contributed by atoms with E-state index in [0.29, 0.717) is 19.6 Å². The van der Waals surface area contributed by atoms with Gasteiger partial charge in [0.1, 0.15) is 12.8 Å². The fraction of sp³-hybridized carbons (Fsp3) is 0.667. The first-order valence-electron chi connectivity index (χ1n) is 4.02. The quantitative estimate of drug-likeness (QED) is 0.471. The predicted molar refractivity (Wildman–Crippen MR) is 45.6 cm³/mol. The molecule has 0 unspecified atom stereocenters. The minimum Gasteiger partial charge on any atom is -0.429 e. The van der Waals surface area contributed by atoms with E-state index < -0.39 is 14.0 Å². The lowest BCUT2D eigenvalue weighted by atomic mass is 9.48. The van der Waals surface area contributed by atoms with Crippen LogP contribution in [0.1, 0.15) is 12.8 Å². The van der Waals surface area contributed by atoms with Gasteiger partial charge in [-0.3, -0.25) is 0 Å². The zero-order valence-corrected chi connectivity index (χ0v) is 6.94. The molecule has 1 fully saturated rings. The standard InChI is InChI=1S/C6H12B2O4/c1-2-4-10-7(9)8-11-5-3-6-12-8/h5,9H,1-4,6H2/q+2. The van der Waals surface area contributed by atoms with Gasteiger partial charge in [-0.25, -0.2) is 4.65 Å². The minimum atomic E-state index is -1.01. The topological polar surface area (TPSA) is 47.9 Å². The SMILES string of the molecule is [CH2+]CCOB(O)B1O[CH+]CCO1. The molecule has 0 atom stereocenters. The Hall–Kier alpha value is -0.290. The van der Waals surface area contributed by atoms with Gasteiger partial charge in [0.2, 0.25) is 6.61 Å². The molecule has 12 heavy (non-hydrogen) atoms. The van der Waals surface area contributed by atoms with Crippen molar-refractivity contribution in [1.82, 2.24) is 0 Å². The van der Waals surface area contributed by atoms with Crippen molar-refractivity contribution in [2.75, 3.05) is 13.2 Å². The molecule has 6 heteroatoms. The Kier molecular flexibility index (Phi) is 4.39. The van der Waals surface area contributed by atoms with Gasteiger partial charge >= 0.3 is 14.0 Å². The molecule has 4 nitrogen and oxygen atoms in total. The van der Waals surface area contributed by atoms with Gasteiger partial charge in [0, 0.05) is 0 Å². The molecule has 0 aromatic heterocycles. The van der Waals surface area contributed by atoms with Crippen molar-refractivity contribution in [3.8, 4) is 0 Å². The van der Waals surface area contributed by atoms with Crippen LogP contribution in [0.3, 0.4) is 0 Å². The Labute approximate surface area is 73.5 Å². The molecule has 1 heterocycles. The summed E-state index contributed by atoms with van der Waals surface area (Å²) in [6.45, 7) is 6.17. The number of hydrogen-bond donors (Lipinski definition) is 1. The summed E-state index contributed by atoms with van der Waals surface area (Å²) in [5, 5.41) is 9.29. The summed E-state index contributed by atoms with van der Waals surface area (Å²) < 4.78 is 15.0. The summed E-state index contributed by atoms with van der Waals surface area (Å²) >= 11 is 0. The summed E-state index contributed by atoms with van der Waals surface area (Å²) in [4.78, 5) is 0. The van der Waals surface area contributed by atoms with Crippen LogP contribution in [0.25, 0.3) is 0 Å². The van der Waals surface area contributed by atoms with Crippen molar-refractivity contribution in [3.63, 3.8) is 0 Å². The van der Waals surface area contributed by atoms with Gasteiger partial charge in [0.05, 0.1) is 20.1 Å². The van der Waals surface area contributed by atoms with E-state index in [1.807, 2.05) is 0 Å².